The summed E-state index contributed by atoms with van der Waals surface area (Å²) < 4.78 is 39.8. The lowest BCUT2D eigenvalue weighted by molar-refractivity contribution is -0.173. The summed E-state index contributed by atoms with van der Waals surface area (Å²) in [7, 11) is 0. The van der Waals surface area contributed by atoms with Crippen LogP contribution in [0.25, 0.3) is 0 Å². The number of likely N-dealkylation sites (tertiary alicyclic amines) is 1. The van der Waals surface area contributed by atoms with Crippen LogP contribution in [0.3, 0.4) is 0 Å². The maximum Gasteiger partial charge on any atom is 0.411 e. The van der Waals surface area contributed by atoms with Gasteiger partial charge < -0.3 is 20.1 Å². The zero-order valence-corrected chi connectivity index (χ0v) is 11.5. The molecule has 0 aliphatic carbocycles. The monoisotopic (exact) mass is 312 g/mol. The van der Waals surface area contributed by atoms with Gasteiger partial charge in [0.15, 0.2) is 0 Å². The summed E-state index contributed by atoms with van der Waals surface area (Å²) in [6.45, 7) is -0.529. The van der Waals surface area contributed by atoms with Gasteiger partial charge >= 0.3 is 18.2 Å². The Morgan fingerprint density at radius 2 is 2.10 bits per heavy atom. The lowest BCUT2D eigenvalue weighted by atomic mass is 10.0. The number of halogens is 3. The summed E-state index contributed by atoms with van der Waals surface area (Å²) >= 11 is 0. The van der Waals surface area contributed by atoms with Crippen LogP contribution in [0.5, 0.6) is 0 Å². The van der Waals surface area contributed by atoms with Crippen molar-refractivity contribution in [3.8, 4) is 0 Å². The van der Waals surface area contributed by atoms with Crippen molar-refractivity contribution in [1.82, 2.24) is 10.2 Å². The van der Waals surface area contributed by atoms with Crippen molar-refractivity contribution in [2.24, 2.45) is 5.92 Å². The molecule has 21 heavy (non-hydrogen) atoms. The highest BCUT2D eigenvalue weighted by Crippen LogP contribution is 2.20. The summed E-state index contributed by atoms with van der Waals surface area (Å²) in [6, 6.07) is -0.358. The number of alkyl halides is 3. The molecule has 0 bridgehead atoms. The molecule has 0 spiro atoms. The van der Waals surface area contributed by atoms with Crippen LogP contribution in [0.15, 0.2) is 0 Å². The van der Waals surface area contributed by atoms with E-state index in [1.165, 1.54) is 4.90 Å². The second-order valence-corrected chi connectivity index (χ2v) is 4.93. The number of nitrogens with zero attached hydrogens (tertiary/aromatic N) is 1. The molecule has 1 atom stereocenters. The van der Waals surface area contributed by atoms with Gasteiger partial charge in [0.2, 0.25) is 0 Å². The third-order valence-electron chi connectivity index (χ3n) is 3.13. The van der Waals surface area contributed by atoms with Crippen molar-refractivity contribution >= 4 is 12.0 Å². The first-order valence-corrected chi connectivity index (χ1v) is 6.67. The van der Waals surface area contributed by atoms with Crippen LogP contribution in [0, 0.1) is 5.92 Å². The van der Waals surface area contributed by atoms with Gasteiger partial charge in [-0.3, -0.25) is 4.79 Å². The normalized spacial score (nSPS) is 18.8. The van der Waals surface area contributed by atoms with E-state index in [9.17, 15) is 22.8 Å². The number of hydrogen-bond donors (Lipinski definition) is 2. The van der Waals surface area contributed by atoms with Gasteiger partial charge in [-0.15, -0.1) is 0 Å². The van der Waals surface area contributed by atoms with Gasteiger partial charge in [-0.2, -0.15) is 13.2 Å². The van der Waals surface area contributed by atoms with Gasteiger partial charge in [0.1, 0.15) is 6.61 Å². The van der Waals surface area contributed by atoms with Crippen molar-refractivity contribution < 1.29 is 32.6 Å². The molecule has 0 radical (unpaired) electrons. The number of ether oxygens (including phenoxy) is 1. The third-order valence-corrected chi connectivity index (χ3v) is 3.13. The molecule has 1 fully saturated rings. The number of nitrogens with one attached hydrogen (secondary N) is 1. The molecule has 6 nitrogen and oxygen atoms in total. The first-order chi connectivity index (χ1) is 9.78. The summed E-state index contributed by atoms with van der Waals surface area (Å²) in [5.41, 5.74) is 0. The van der Waals surface area contributed by atoms with E-state index >= 15 is 0 Å². The van der Waals surface area contributed by atoms with Crippen molar-refractivity contribution in [3.05, 3.63) is 0 Å². The number of aliphatic carboxylic acids is 1. The molecule has 0 aromatic carbocycles. The first-order valence-electron chi connectivity index (χ1n) is 6.67. The molecular formula is C12H19F3N2O4. The number of hydrogen-bond acceptors (Lipinski definition) is 3. The molecule has 9 heteroatoms. The number of carboxylic acid groups (broad SMARTS) is 1. The topological polar surface area (TPSA) is 78.9 Å². The Balaban J connectivity index is 2.12. The van der Waals surface area contributed by atoms with Crippen LogP contribution >= 0.6 is 0 Å². The van der Waals surface area contributed by atoms with E-state index in [0.29, 0.717) is 19.5 Å². The smallest absolute Gasteiger partial charge is 0.411 e. The SMILES string of the molecule is O=C(O)CCC1CCN(C(=O)NCCOCC(F)(F)F)C1. The summed E-state index contributed by atoms with van der Waals surface area (Å²) in [4.78, 5) is 23.7. The molecule has 2 N–H and O–H groups in total. The number of amides is 2. The number of carbonyl (C=O) groups excluding carboxylic acids is 1. The van der Waals surface area contributed by atoms with Gasteiger partial charge in [0, 0.05) is 26.1 Å². The van der Waals surface area contributed by atoms with Crippen molar-refractivity contribution in [3.63, 3.8) is 0 Å². The Kier molecular flexibility index (Phi) is 6.73. The fourth-order valence-corrected chi connectivity index (χ4v) is 2.11. The second kappa shape index (κ2) is 8.06. The molecule has 1 aliphatic heterocycles. The molecule has 1 saturated heterocycles. The Bertz CT molecular complexity index is 363. The van der Waals surface area contributed by atoms with Crippen LogP contribution in [0.4, 0.5) is 18.0 Å². The fraction of sp³-hybridized carbons (Fsp3) is 0.833. The highest BCUT2D eigenvalue weighted by molar-refractivity contribution is 5.74. The van der Waals surface area contributed by atoms with Crippen LogP contribution < -0.4 is 5.32 Å². The maximum atomic E-state index is 11.8. The summed E-state index contributed by atoms with van der Waals surface area (Å²) in [6.07, 6.45) is -3.03. The van der Waals surface area contributed by atoms with Crippen LogP contribution in [0.2, 0.25) is 0 Å². The highest BCUT2D eigenvalue weighted by atomic mass is 19.4. The second-order valence-electron chi connectivity index (χ2n) is 4.93. The number of urea groups is 1. The zero-order chi connectivity index (χ0) is 15.9. The molecule has 0 saturated carbocycles. The van der Waals surface area contributed by atoms with E-state index in [2.05, 4.69) is 10.1 Å². The first kappa shape index (κ1) is 17.5. The highest BCUT2D eigenvalue weighted by Gasteiger charge is 2.28. The minimum atomic E-state index is -4.36. The fourth-order valence-electron chi connectivity index (χ4n) is 2.11. The molecule has 0 aromatic rings. The van der Waals surface area contributed by atoms with Gasteiger partial charge in [0.05, 0.1) is 6.61 Å². The molecule has 1 unspecified atom stereocenters. The molecule has 0 aromatic heterocycles. The molecule has 122 valence electrons. The van der Waals surface area contributed by atoms with E-state index in [0.717, 1.165) is 6.42 Å². The Morgan fingerprint density at radius 1 is 1.38 bits per heavy atom. The zero-order valence-electron chi connectivity index (χ0n) is 11.5. The Hall–Kier alpha value is -1.51. The maximum absolute atomic E-state index is 11.8. The Labute approximate surface area is 120 Å². The van der Waals surface area contributed by atoms with E-state index in [4.69, 9.17) is 5.11 Å². The van der Waals surface area contributed by atoms with Gasteiger partial charge in [-0.25, -0.2) is 4.79 Å². The van der Waals surface area contributed by atoms with Crippen LogP contribution in [-0.2, 0) is 9.53 Å². The minimum absolute atomic E-state index is 0.00516. The predicted molar refractivity (Wildman–Crippen MR) is 66.8 cm³/mol. The van der Waals surface area contributed by atoms with E-state index in [1.807, 2.05) is 0 Å². The standard InChI is InChI=1S/C12H19F3N2O4/c13-12(14,15)8-21-6-4-16-11(20)17-5-3-9(7-17)1-2-10(18)19/h9H,1-8H2,(H,16,20)(H,18,19). The molecule has 1 aliphatic rings. The summed E-state index contributed by atoms with van der Waals surface area (Å²) in [5, 5.41) is 11.1. The van der Waals surface area contributed by atoms with Gasteiger partial charge in [0.25, 0.3) is 0 Å². The molecule has 1 heterocycles. The molecular weight excluding hydrogens is 293 g/mol. The number of carboxylic acids is 1. The molecule has 2 amide bonds. The average molecular weight is 312 g/mol. The van der Waals surface area contributed by atoms with E-state index in [-0.39, 0.29) is 31.5 Å². The van der Waals surface area contributed by atoms with Crippen molar-refractivity contribution in [2.45, 2.75) is 25.4 Å². The van der Waals surface area contributed by atoms with Crippen LogP contribution in [-0.4, -0.2) is 61.0 Å². The number of carbonyl (C=O) groups is 2. The number of rotatable bonds is 7. The predicted octanol–water partition coefficient (Wildman–Crippen LogP) is 1.46. The van der Waals surface area contributed by atoms with Crippen LogP contribution in [0.1, 0.15) is 19.3 Å². The van der Waals surface area contributed by atoms with E-state index < -0.39 is 18.8 Å². The van der Waals surface area contributed by atoms with Gasteiger partial charge in [-0.1, -0.05) is 0 Å². The quantitative estimate of drug-likeness (QED) is 0.698. The average Bonchev–Trinajstić information content (AvgIpc) is 2.83. The Morgan fingerprint density at radius 3 is 2.71 bits per heavy atom. The van der Waals surface area contributed by atoms with Gasteiger partial charge in [-0.05, 0) is 18.8 Å². The minimum Gasteiger partial charge on any atom is -0.481 e. The van der Waals surface area contributed by atoms with Crippen molar-refractivity contribution in [2.75, 3.05) is 32.8 Å². The van der Waals surface area contributed by atoms with Crippen molar-refractivity contribution in [1.29, 1.82) is 0 Å². The molecule has 1 rings (SSSR count). The summed E-state index contributed by atoms with van der Waals surface area (Å²) in [5.74, 6) is -0.701. The largest absolute Gasteiger partial charge is 0.481 e. The third kappa shape index (κ3) is 7.74. The lowest BCUT2D eigenvalue weighted by Crippen LogP contribution is -2.40. The van der Waals surface area contributed by atoms with E-state index in [1.54, 1.807) is 0 Å². The lowest BCUT2D eigenvalue weighted by Gasteiger charge is -2.17.